The summed E-state index contributed by atoms with van der Waals surface area (Å²) in [6, 6.07) is 0. The second-order valence-corrected chi connectivity index (χ2v) is 3.19. The molecule has 13 heavy (non-hydrogen) atoms. The summed E-state index contributed by atoms with van der Waals surface area (Å²) in [6.07, 6.45) is 5.89. The second kappa shape index (κ2) is 7.89. The number of hydrogen-bond donors (Lipinski definition) is 3. The van der Waals surface area contributed by atoms with Gasteiger partial charge in [-0.3, -0.25) is 0 Å². The highest BCUT2D eigenvalue weighted by atomic mass is 15.4. The molecule has 0 aliphatic heterocycles. The Hall–Kier alpha value is -0.740. The third-order valence-electron chi connectivity index (χ3n) is 1.77. The number of nitrogens with zero attached hydrogens (tertiary/aromatic N) is 1. The lowest BCUT2D eigenvalue weighted by molar-refractivity contribution is 0.383. The lowest BCUT2D eigenvalue weighted by Crippen LogP contribution is -2.28. The van der Waals surface area contributed by atoms with Crippen molar-refractivity contribution in [2.75, 3.05) is 13.1 Å². The van der Waals surface area contributed by atoms with Crippen LogP contribution in [0.4, 0.5) is 0 Å². The average molecular weight is 186 g/mol. The maximum Gasteiger partial charge on any atom is 0.0348 e. The molecule has 0 radical (unpaired) electrons. The molecule has 0 heterocycles. The highest BCUT2D eigenvalue weighted by Gasteiger charge is 1.94. The molecule has 0 rings (SSSR count). The summed E-state index contributed by atoms with van der Waals surface area (Å²) < 4.78 is 0. The monoisotopic (exact) mass is 186 g/mol. The molecule has 4 nitrogen and oxygen atoms in total. The Morgan fingerprint density at radius 3 is 2.62 bits per heavy atom. The van der Waals surface area contributed by atoms with Crippen LogP contribution in [-0.4, -0.2) is 18.1 Å². The highest BCUT2D eigenvalue weighted by molar-refractivity contribution is 4.94. The standard InChI is InChI=1S/C9H22N4/c1-2-3-5-9(11)8-13(12)7-4-6-10/h8H,2-7,10-12H2,1H3/b9-8-. The first kappa shape index (κ1) is 12.3. The van der Waals surface area contributed by atoms with Gasteiger partial charge in [0.25, 0.3) is 0 Å². The Balaban J connectivity index is 3.63. The molecule has 0 aliphatic carbocycles. The van der Waals surface area contributed by atoms with Gasteiger partial charge in [0, 0.05) is 18.4 Å². The summed E-state index contributed by atoms with van der Waals surface area (Å²) in [6.45, 7) is 3.57. The van der Waals surface area contributed by atoms with Gasteiger partial charge in [0.1, 0.15) is 0 Å². The van der Waals surface area contributed by atoms with Gasteiger partial charge in [0.05, 0.1) is 0 Å². The lowest BCUT2D eigenvalue weighted by Gasteiger charge is -2.14. The van der Waals surface area contributed by atoms with Crippen molar-refractivity contribution in [3.63, 3.8) is 0 Å². The fourth-order valence-corrected chi connectivity index (χ4v) is 0.997. The Kier molecular flexibility index (Phi) is 7.44. The van der Waals surface area contributed by atoms with Gasteiger partial charge < -0.3 is 16.5 Å². The molecule has 78 valence electrons. The quantitative estimate of drug-likeness (QED) is 0.399. The van der Waals surface area contributed by atoms with Crippen LogP contribution < -0.4 is 17.3 Å². The molecule has 0 aromatic heterocycles. The van der Waals surface area contributed by atoms with Gasteiger partial charge in [0.15, 0.2) is 0 Å². The maximum atomic E-state index is 5.74. The minimum atomic E-state index is 0.663. The number of hydrazine groups is 1. The minimum absolute atomic E-state index is 0.663. The first-order chi connectivity index (χ1) is 6.20. The normalized spacial score (nSPS) is 11.8. The van der Waals surface area contributed by atoms with Crippen molar-refractivity contribution in [1.82, 2.24) is 5.01 Å². The first-order valence-electron chi connectivity index (χ1n) is 4.88. The Morgan fingerprint density at radius 1 is 1.38 bits per heavy atom. The van der Waals surface area contributed by atoms with E-state index in [4.69, 9.17) is 17.3 Å². The van der Waals surface area contributed by atoms with Crippen LogP contribution in [0.25, 0.3) is 0 Å². The molecule has 0 aromatic carbocycles. The molecule has 0 atom stereocenters. The molecule has 6 N–H and O–H groups in total. The summed E-state index contributed by atoms with van der Waals surface area (Å²) in [4.78, 5) is 0. The van der Waals surface area contributed by atoms with Crippen molar-refractivity contribution < 1.29 is 0 Å². The Bertz CT molecular complexity index is 145. The zero-order chi connectivity index (χ0) is 10.1. The van der Waals surface area contributed by atoms with Gasteiger partial charge in [-0.1, -0.05) is 13.3 Å². The molecule has 0 saturated heterocycles. The van der Waals surface area contributed by atoms with Crippen LogP contribution >= 0.6 is 0 Å². The fraction of sp³-hybridized carbons (Fsp3) is 0.778. The average Bonchev–Trinajstić information content (AvgIpc) is 2.11. The van der Waals surface area contributed by atoms with E-state index in [2.05, 4.69) is 6.92 Å². The lowest BCUT2D eigenvalue weighted by atomic mass is 10.2. The van der Waals surface area contributed by atoms with E-state index in [1.54, 1.807) is 11.2 Å². The molecule has 4 heteroatoms. The van der Waals surface area contributed by atoms with E-state index in [0.29, 0.717) is 6.54 Å². The largest absolute Gasteiger partial charge is 0.401 e. The number of nitrogens with two attached hydrogens (primary N) is 3. The number of allylic oxidation sites excluding steroid dienone is 1. The van der Waals surface area contributed by atoms with Crippen molar-refractivity contribution in [1.29, 1.82) is 0 Å². The summed E-state index contributed by atoms with van der Waals surface area (Å²) >= 11 is 0. The van der Waals surface area contributed by atoms with E-state index in [1.165, 1.54) is 0 Å². The predicted molar refractivity (Wildman–Crippen MR) is 56.4 cm³/mol. The van der Waals surface area contributed by atoms with Crippen LogP contribution in [0.2, 0.25) is 0 Å². The molecular weight excluding hydrogens is 164 g/mol. The SMILES string of the molecule is CCCC/C(N)=C/N(N)CCCN. The van der Waals surface area contributed by atoms with Crippen molar-refractivity contribution in [2.45, 2.75) is 32.6 Å². The molecule has 0 bridgehead atoms. The van der Waals surface area contributed by atoms with E-state index in [1.807, 2.05) is 0 Å². The Morgan fingerprint density at radius 2 is 2.08 bits per heavy atom. The van der Waals surface area contributed by atoms with Gasteiger partial charge in [-0.2, -0.15) is 0 Å². The van der Waals surface area contributed by atoms with Crippen molar-refractivity contribution in [3.8, 4) is 0 Å². The molecule has 0 unspecified atom stereocenters. The topological polar surface area (TPSA) is 81.3 Å². The van der Waals surface area contributed by atoms with E-state index < -0.39 is 0 Å². The van der Waals surface area contributed by atoms with Crippen LogP contribution in [0.5, 0.6) is 0 Å². The van der Waals surface area contributed by atoms with Gasteiger partial charge in [-0.15, -0.1) is 0 Å². The molecule has 0 aromatic rings. The summed E-state index contributed by atoms with van der Waals surface area (Å²) in [7, 11) is 0. The van der Waals surface area contributed by atoms with Gasteiger partial charge in [-0.25, -0.2) is 5.84 Å². The predicted octanol–water partition coefficient (Wildman–Crippen LogP) is 0.501. The number of hydrogen-bond acceptors (Lipinski definition) is 4. The highest BCUT2D eigenvalue weighted by Crippen LogP contribution is 2.01. The number of rotatable bonds is 7. The molecule has 0 aliphatic rings. The summed E-state index contributed by atoms with van der Waals surface area (Å²) in [5.74, 6) is 5.65. The van der Waals surface area contributed by atoms with Crippen molar-refractivity contribution in [3.05, 3.63) is 11.9 Å². The first-order valence-corrected chi connectivity index (χ1v) is 4.88. The van der Waals surface area contributed by atoms with Crippen LogP contribution in [0.15, 0.2) is 11.9 Å². The Labute approximate surface area is 80.7 Å². The zero-order valence-electron chi connectivity index (χ0n) is 8.50. The van der Waals surface area contributed by atoms with Crippen LogP contribution in [0, 0.1) is 0 Å². The van der Waals surface area contributed by atoms with Gasteiger partial charge in [-0.05, 0) is 25.8 Å². The zero-order valence-corrected chi connectivity index (χ0v) is 8.50. The molecule has 0 amide bonds. The van der Waals surface area contributed by atoms with Crippen LogP contribution in [0.3, 0.4) is 0 Å². The van der Waals surface area contributed by atoms with Crippen LogP contribution in [-0.2, 0) is 0 Å². The summed E-state index contributed by atoms with van der Waals surface area (Å²) in [5, 5.41) is 1.61. The third kappa shape index (κ3) is 7.62. The maximum absolute atomic E-state index is 5.74. The van der Waals surface area contributed by atoms with E-state index in [-0.39, 0.29) is 0 Å². The van der Waals surface area contributed by atoms with Gasteiger partial charge >= 0.3 is 0 Å². The molecule has 0 spiro atoms. The number of unbranched alkanes of at least 4 members (excludes halogenated alkanes) is 1. The smallest absolute Gasteiger partial charge is 0.0348 e. The molecular formula is C9H22N4. The van der Waals surface area contributed by atoms with E-state index >= 15 is 0 Å². The van der Waals surface area contributed by atoms with Crippen molar-refractivity contribution in [2.24, 2.45) is 17.3 Å². The third-order valence-corrected chi connectivity index (χ3v) is 1.77. The second-order valence-electron chi connectivity index (χ2n) is 3.19. The van der Waals surface area contributed by atoms with Crippen LogP contribution in [0.1, 0.15) is 32.6 Å². The fourth-order valence-electron chi connectivity index (χ4n) is 0.997. The molecule has 0 fully saturated rings. The van der Waals surface area contributed by atoms with Crippen molar-refractivity contribution >= 4 is 0 Å². The molecule has 0 saturated carbocycles. The minimum Gasteiger partial charge on any atom is -0.401 e. The van der Waals surface area contributed by atoms with Gasteiger partial charge in [0.2, 0.25) is 0 Å². The van der Waals surface area contributed by atoms with E-state index in [9.17, 15) is 0 Å². The summed E-state index contributed by atoms with van der Waals surface area (Å²) in [5.41, 5.74) is 11.9. The van der Waals surface area contributed by atoms with E-state index in [0.717, 1.165) is 37.9 Å².